The zero-order chi connectivity index (χ0) is 30.1. The molecule has 4 rings (SSSR count). The second-order valence-corrected chi connectivity index (χ2v) is 10.1. The van der Waals surface area contributed by atoms with Crippen molar-refractivity contribution in [3.63, 3.8) is 0 Å². The fourth-order valence-electron chi connectivity index (χ4n) is 5.32. The quantitative estimate of drug-likeness (QED) is 0.262. The minimum absolute atomic E-state index is 0.0481. The molecule has 3 aromatic rings. The number of anilines is 2. The van der Waals surface area contributed by atoms with E-state index in [2.05, 4.69) is 20.9 Å². The molecule has 222 valence electrons. The number of amides is 2. The number of fused-ring (bicyclic) bond motifs is 3. The lowest BCUT2D eigenvalue weighted by Crippen LogP contribution is -2.26. The van der Waals surface area contributed by atoms with Crippen molar-refractivity contribution in [2.24, 2.45) is 0 Å². The molecule has 0 aliphatic heterocycles. The summed E-state index contributed by atoms with van der Waals surface area (Å²) >= 11 is 0. The molecule has 0 fully saturated rings. The van der Waals surface area contributed by atoms with Crippen LogP contribution >= 0.6 is 0 Å². The van der Waals surface area contributed by atoms with Crippen LogP contribution in [0.5, 0.6) is 17.2 Å². The maximum atomic E-state index is 13.4. The number of rotatable bonds is 12. The lowest BCUT2D eigenvalue weighted by Gasteiger charge is -2.19. The van der Waals surface area contributed by atoms with Crippen LogP contribution in [0, 0.1) is 0 Å². The normalized spacial score (nSPS) is 13.6. The van der Waals surface area contributed by atoms with Gasteiger partial charge >= 0.3 is 0 Å². The average Bonchev–Trinajstić information content (AvgIpc) is 3.22. The second kappa shape index (κ2) is 14.3. The summed E-state index contributed by atoms with van der Waals surface area (Å²) in [5, 5.41) is 9.12. The van der Waals surface area contributed by atoms with Crippen molar-refractivity contribution in [1.29, 1.82) is 0 Å². The molecule has 1 aliphatic rings. The van der Waals surface area contributed by atoms with Crippen LogP contribution in [0.4, 0.5) is 11.4 Å². The number of ether oxygens (including phenoxy) is 3. The second-order valence-electron chi connectivity index (χ2n) is 10.1. The molecule has 1 aliphatic carbocycles. The van der Waals surface area contributed by atoms with Gasteiger partial charge in [0.15, 0.2) is 11.5 Å². The summed E-state index contributed by atoms with van der Waals surface area (Å²) in [6, 6.07) is 10.4. The number of carbonyl (C=O) groups excluding carboxylic acids is 2. The number of pyridine rings is 1. The van der Waals surface area contributed by atoms with E-state index in [1.54, 1.807) is 58.0 Å². The van der Waals surface area contributed by atoms with Gasteiger partial charge in [-0.25, -0.2) is 0 Å². The molecule has 2 aromatic carbocycles. The molecule has 10 nitrogen and oxygen atoms in total. The Kier molecular flexibility index (Phi) is 10.4. The molecule has 1 aromatic heterocycles. The number of benzene rings is 1. The molecule has 1 atom stereocenters. The summed E-state index contributed by atoms with van der Waals surface area (Å²) < 4.78 is 17.1. The molecule has 0 spiro atoms. The number of aromatic nitrogens is 1. The van der Waals surface area contributed by atoms with Gasteiger partial charge in [-0.15, -0.1) is 0 Å². The number of hydrogen-bond donors (Lipinski definition) is 3. The van der Waals surface area contributed by atoms with E-state index in [0.717, 1.165) is 36.0 Å². The van der Waals surface area contributed by atoms with Crippen LogP contribution in [0.2, 0.25) is 0 Å². The Morgan fingerprint density at radius 2 is 1.81 bits per heavy atom. The molecule has 2 amide bonds. The highest BCUT2D eigenvalue weighted by molar-refractivity contribution is 5.90. The van der Waals surface area contributed by atoms with Crippen LogP contribution in [0.15, 0.2) is 53.6 Å². The lowest BCUT2D eigenvalue weighted by atomic mass is 9.95. The molecular formula is C32H38N4O6. The first-order valence-electron chi connectivity index (χ1n) is 14.1. The predicted molar refractivity (Wildman–Crippen MR) is 163 cm³/mol. The van der Waals surface area contributed by atoms with Gasteiger partial charge in [-0.3, -0.25) is 19.4 Å². The van der Waals surface area contributed by atoms with E-state index in [1.165, 1.54) is 6.92 Å². The molecule has 0 bridgehead atoms. The van der Waals surface area contributed by atoms with Gasteiger partial charge in [0.05, 0.1) is 44.9 Å². The number of hydrogen-bond acceptors (Lipinski definition) is 8. The molecule has 10 heteroatoms. The van der Waals surface area contributed by atoms with E-state index in [0.29, 0.717) is 60.0 Å². The average molecular weight is 575 g/mol. The van der Waals surface area contributed by atoms with Crippen LogP contribution in [0.1, 0.15) is 56.2 Å². The largest absolute Gasteiger partial charge is 0.493 e. The van der Waals surface area contributed by atoms with Crippen molar-refractivity contribution in [2.75, 3.05) is 38.5 Å². The standard InChI is InChI=1S/C32H38N4O6/c1-20(37)35-25-13-11-21-17-28(40-2)31(41-3)32(42-4)30(21)23-12-14-26(27(38)18-24(23)25)34-16-7-5-6-10-29(39)36-22-9-8-15-33-19-22/h8-9,12,14-15,17-19,25H,5-7,10-11,13,16H2,1-4H3,(H,34,38)(H,35,37)(H,36,39). The zero-order valence-electron chi connectivity index (χ0n) is 24.5. The Hall–Kier alpha value is -4.60. The molecule has 0 saturated carbocycles. The van der Waals surface area contributed by atoms with E-state index in [4.69, 9.17) is 14.2 Å². The smallest absolute Gasteiger partial charge is 0.224 e. The van der Waals surface area contributed by atoms with Crippen molar-refractivity contribution in [3.8, 4) is 28.4 Å². The predicted octanol–water partition coefficient (Wildman–Crippen LogP) is 4.87. The van der Waals surface area contributed by atoms with Crippen LogP contribution in [-0.2, 0) is 16.0 Å². The summed E-state index contributed by atoms with van der Waals surface area (Å²) in [5.41, 5.74) is 4.24. The maximum Gasteiger partial charge on any atom is 0.224 e. The highest BCUT2D eigenvalue weighted by atomic mass is 16.5. The summed E-state index contributed by atoms with van der Waals surface area (Å²) in [7, 11) is 4.71. The Morgan fingerprint density at radius 3 is 2.50 bits per heavy atom. The molecule has 0 saturated heterocycles. The van der Waals surface area contributed by atoms with E-state index in [1.807, 2.05) is 12.1 Å². The SMILES string of the molecule is COc1cc2c(c(OC)c1OC)-c1ccc(NCCCCCC(=O)Nc3cccnc3)c(=O)cc1C(NC(C)=O)CC2. The van der Waals surface area contributed by atoms with Gasteiger partial charge in [0, 0.05) is 31.6 Å². The van der Waals surface area contributed by atoms with Crippen LogP contribution in [-0.4, -0.2) is 44.7 Å². The van der Waals surface area contributed by atoms with Crippen LogP contribution in [0.3, 0.4) is 0 Å². The minimum atomic E-state index is -0.364. The zero-order valence-corrected chi connectivity index (χ0v) is 24.5. The Labute approximate surface area is 245 Å². The van der Waals surface area contributed by atoms with Gasteiger partial charge in [-0.1, -0.05) is 12.5 Å². The maximum absolute atomic E-state index is 13.4. The molecule has 0 radical (unpaired) electrons. The number of aryl methyl sites for hydroxylation is 1. The topological polar surface area (TPSA) is 128 Å². The first-order valence-corrected chi connectivity index (χ1v) is 14.1. The summed E-state index contributed by atoms with van der Waals surface area (Å²) in [6.07, 6.45) is 7.26. The van der Waals surface area contributed by atoms with Gasteiger partial charge in [0.1, 0.15) is 0 Å². The highest BCUT2D eigenvalue weighted by Crippen LogP contribution is 2.50. The number of carbonyl (C=O) groups is 2. The monoisotopic (exact) mass is 574 g/mol. The number of nitrogens with zero attached hydrogens (tertiary/aromatic N) is 1. The van der Waals surface area contributed by atoms with Gasteiger partial charge < -0.3 is 30.2 Å². The fraction of sp³-hybridized carbons (Fsp3) is 0.375. The van der Waals surface area contributed by atoms with Crippen molar-refractivity contribution in [1.82, 2.24) is 10.3 Å². The fourth-order valence-corrected chi connectivity index (χ4v) is 5.32. The number of nitrogens with one attached hydrogen (secondary N) is 3. The van der Waals surface area contributed by atoms with Crippen LogP contribution in [0.25, 0.3) is 11.1 Å². The minimum Gasteiger partial charge on any atom is -0.493 e. The van der Waals surface area contributed by atoms with E-state index < -0.39 is 0 Å². The first-order chi connectivity index (χ1) is 20.4. The van der Waals surface area contributed by atoms with Crippen molar-refractivity contribution < 1.29 is 23.8 Å². The molecule has 3 N–H and O–H groups in total. The molecule has 1 unspecified atom stereocenters. The lowest BCUT2D eigenvalue weighted by molar-refractivity contribution is -0.119. The molecular weight excluding hydrogens is 536 g/mol. The number of unbranched alkanes of at least 4 members (excludes halogenated alkanes) is 2. The van der Waals surface area contributed by atoms with Gasteiger partial charge in [0.25, 0.3) is 0 Å². The van der Waals surface area contributed by atoms with E-state index in [9.17, 15) is 14.4 Å². The third-order valence-corrected chi connectivity index (χ3v) is 7.26. The van der Waals surface area contributed by atoms with E-state index in [-0.39, 0.29) is 23.3 Å². The summed E-state index contributed by atoms with van der Waals surface area (Å²) in [4.78, 5) is 41.7. The number of methoxy groups -OCH3 is 3. The summed E-state index contributed by atoms with van der Waals surface area (Å²) in [5.74, 6) is 1.30. The van der Waals surface area contributed by atoms with Gasteiger partial charge in [-0.2, -0.15) is 0 Å². The first kappa shape index (κ1) is 30.4. The third kappa shape index (κ3) is 7.18. The highest BCUT2D eigenvalue weighted by Gasteiger charge is 2.29. The van der Waals surface area contributed by atoms with Gasteiger partial charge in [0.2, 0.25) is 23.0 Å². The third-order valence-electron chi connectivity index (χ3n) is 7.26. The Bertz CT molecular complexity index is 1480. The van der Waals surface area contributed by atoms with Gasteiger partial charge in [-0.05, 0) is 72.7 Å². The Morgan fingerprint density at radius 1 is 1.00 bits per heavy atom. The van der Waals surface area contributed by atoms with E-state index >= 15 is 0 Å². The summed E-state index contributed by atoms with van der Waals surface area (Å²) in [6.45, 7) is 2.05. The molecule has 42 heavy (non-hydrogen) atoms. The molecule has 1 heterocycles. The van der Waals surface area contributed by atoms with Crippen LogP contribution < -0.4 is 35.6 Å². The van der Waals surface area contributed by atoms with Crippen molar-refractivity contribution in [2.45, 2.75) is 51.5 Å². The van der Waals surface area contributed by atoms with Crippen molar-refractivity contribution in [3.05, 3.63) is 70.1 Å². The Balaban J connectivity index is 1.53. The van der Waals surface area contributed by atoms with Crippen molar-refractivity contribution >= 4 is 23.2 Å².